The fraction of sp³-hybridized carbons (Fsp3) is 0.625. The van der Waals surface area contributed by atoms with Crippen LogP contribution in [0.15, 0.2) is 30.3 Å². The first kappa shape index (κ1) is 13.5. The molecule has 100 valence electrons. The van der Waals surface area contributed by atoms with Gasteiger partial charge in [0.05, 0.1) is 0 Å². The number of likely N-dealkylation sites (N-methyl/N-ethyl adjacent to an activating group) is 1. The van der Waals surface area contributed by atoms with Gasteiger partial charge < -0.3 is 0 Å². The molecule has 1 heterocycles. The van der Waals surface area contributed by atoms with Crippen molar-refractivity contribution in [2.45, 2.75) is 38.9 Å². The molecule has 0 aliphatic carbocycles. The third-order valence-electron chi connectivity index (χ3n) is 4.35. The van der Waals surface area contributed by atoms with Crippen molar-refractivity contribution in [3.63, 3.8) is 0 Å². The predicted octanol–water partition coefficient (Wildman–Crippen LogP) is 3.71. The Hall–Kier alpha value is -0.890. The van der Waals surface area contributed by atoms with Gasteiger partial charge in [0.2, 0.25) is 0 Å². The topological polar surface area (TPSA) is 3.24 Å². The van der Waals surface area contributed by atoms with Crippen molar-refractivity contribution >= 4 is 0 Å². The Kier molecular flexibility index (Phi) is 4.06. The molecule has 4 unspecified atom stereocenters. The summed E-state index contributed by atoms with van der Waals surface area (Å²) >= 11 is 0. The van der Waals surface area contributed by atoms with Crippen LogP contribution in [0.1, 0.15) is 32.3 Å². The number of hydrogen-bond donors (Lipinski definition) is 0. The van der Waals surface area contributed by atoms with E-state index in [0.717, 1.165) is 6.54 Å². The number of rotatable bonds is 3. The van der Waals surface area contributed by atoms with E-state index in [4.69, 9.17) is 0 Å². The molecule has 1 aliphatic heterocycles. The molecule has 18 heavy (non-hydrogen) atoms. The average molecular weight is 249 g/mol. The molecule has 0 radical (unpaired) electrons. The molecule has 1 aliphatic rings. The number of hydrogen-bond acceptors (Lipinski definition) is 1. The zero-order valence-corrected chi connectivity index (χ0v) is 11.8. The van der Waals surface area contributed by atoms with Gasteiger partial charge in [0, 0.05) is 18.5 Å². The van der Waals surface area contributed by atoms with Gasteiger partial charge in [0.15, 0.2) is 0 Å². The summed E-state index contributed by atoms with van der Waals surface area (Å²) in [6.07, 6.45) is -0.788. The van der Waals surface area contributed by atoms with Crippen molar-refractivity contribution in [3.05, 3.63) is 35.9 Å². The zero-order valence-electron chi connectivity index (χ0n) is 11.8. The lowest BCUT2D eigenvalue weighted by atomic mass is 9.77. The predicted molar refractivity (Wildman–Crippen MR) is 74.5 cm³/mol. The van der Waals surface area contributed by atoms with Crippen LogP contribution in [0.4, 0.5) is 4.39 Å². The standard InChI is InChI=1S/C16H24FN/c1-11(2)14-10-18(4)16(12(3)17)15(14)13-8-6-5-7-9-13/h5-9,11-12,14-16H,10H2,1-4H3. The van der Waals surface area contributed by atoms with E-state index in [-0.39, 0.29) is 6.04 Å². The van der Waals surface area contributed by atoms with Crippen LogP contribution in [0.25, 0.3) is 0 Å². The van der Waals surface area contributed by atoms with Crippen LogP contribution in [-0.2, 0) is 0 Å². The molecule has 1 aromatic carbocycles. The third kappa shape index (κ3) is 2.44. The molecule has 0 bridgehead atoms. The fourth-order valence-corrected chi connectivity index (χ4v) is 3.48. The molecule has 0 spiro atoms. The maximum absolute atomic E-state index is 14.0. The Balaban J connectivity index is 2.36. The zero-order chi connectivity index (χ0) is 13.3. The smallest absolute Gasteiger partial charge is 0.113 e. The summed E-state index contributed by atoms with van der Waals surface area (Å²) in [4.78, 5) is 2.20. The Morgan fingerprint density at radius 3 is 2.28 bits per heavy atom. The van der Waals surface area contributed by atoms with E-state index in [0.29, 0.717) is 17.8 Å². The van der Waals surface area contributed by atoms with Gasteiger partial charge in [0.1, 0.15) is 6.17 Å². The average Bonchev–Trinajstić information content (AvgIpc) is 2.68. The van der Waals surface area contributed by atoms with Crippen molar-refractivity contribution in [2.75, 3.05) is 13.6 Å². The summed E-state index contributed by atoms with van der Waals surface area (Å²) in [5.41, 5.74) is 1.29. The van der Waals surface area contributed by atoms with Crippen LogP contribution in [0, 0.1) is 11.8 Å². The molecule has 0 saturated carbocycles. The van der Waals surface area contributed by atoms with Crippen molar-refractivity contribution in [1.29, 1.82) is 0 Å². The van der Waals surface area contributed by atoms with Crippen molar-refractivity contribution in [3.8, 4) is 0 Å². The fourth-order valence-electron chi connectivity index (χ4n) is 3.48. The SMILES string of the molecule is CC(C)C1CN(C)C(C(C)F)C1c1ccccc1. The van der Waals surface area contributed by atoms with Crippen molar-refractivity contribution in [1.82, 2.24) is 4.90 Å². The monoisotopic (exact) mass is 249 g/mol. The first-order valence-corrected chi connectivity index (χ1v) is 6.91. The van der Waals surface area contributed by atoms with Crippen molar-refractivity contribution in [2.24, 2.45) is 11.8 Å². The van der Waals surface area contributed by atoms with Crippen LogP contribution in [0.5, 0.6) is 0 Å². The Morgan fingerprint density at radius 2 is 1.78 bits per heavy atom. The normalized spacial score (nSPS) is 30.9. The molecule has 1 fully saturated rings. The van der Waals surface area contributed by atoms with Gasteiger partial charge in [-0.25, -0.2) is 4.39 Å². The lowest BCUT2D eigenvalue weighted by Crippen LogP contribution is -2.36. The van der Waals surface area contributed by atoms with Gasteiger partial charge in [-0.2, -0.15) is 0 Å². The molecule has 0 amide bonds. The first-order chi connectivity index (χ1) is 8.52. The summed E-state index contributed by atoms with van der Waals surface area (Å²) in [5.74, 6) is 1.44. The number of benzene rings is 1. The lowest BCUT2D eigenvalue weighted by Gasteiger charge is -2.29. The molecule has 1 nitrogen and oxygen atoms in total. The summed E-state index contributed by atoms with van der Waals surface area (Å²) < 4.78 is 14.0. The Bertz CT molecular complexity index is 374. The van der Waals surface area contributed by atoms with Gasteiger partial charge in [-0.05, 0) is 31.4 Å². The van der Waals surface area contributed by atoms with E-state index >= 15 is 0 Å². The minimum absolute atomic E-state index is 0.0137. The van der Waals surface area contributed by atoms with E-state index in [1.54, 1.807) is 6.92 Å². The summed E-state index contributed by atoms with van der Waals surface area (Å²) in [6, 6.07) is 10.5. The van der Waals surface area contributed by atoms with E-state index in [1.807, 2.05) is 6.07 Å². The summed E-state index contributed by atoms with van der Waals surface area (Å²) in [6.45, 7) is 7.19. The lowest BCUT2D eigenvalue weighted by molar-refractivity contribution is 0.174. The molecule has 2 heteroatoms. The molecular weight excluding hydrogens is 225 g/mol. The number of halogens is 1. The van der Waals surface area contributed by atoms with Crippen LogP contribution in [0.2, 0.25) is 0 Å². The maximum Gasteiger partial charge on any atom is 0.113 e. The highest BCUT2D eigenvalue weighted by molar-refractivity contribution is 5.25. The molecule has 2 rings (SSSR count). The Morgan fingerprint density at radius 1 is 1.17 bits per heavy atom. The second-order valence-electron chi connectivity index (χ2n) is 5.95. The number of nitrogens with zero attached hydrogens (tertiary/aromatic N) is 1. The quantitative estimate of drug-likeness (QED) is 0.789. The molecular formula is C16H24FN. The van der Waals surface area contributed by atoms with Crippen LogP contribution in [0.3, 0.4) is 0 Å². The third-order valence-corrected chi connectivity index (χ3v) is 4.35. The van der Waals surface area contributed by atoms with E-state index < -0.39 is 6.17 Å². The van der Waals surface area contributed by atoms with Gasteiger partial charge in [-0.3, -0.25) is 4.90 Å². The van der Waals surface area contributed by atoms with E-state index in [2.05, 4.69) is 50.1 Å². The first-order valence-electron chi connectivity index (χ1n) is 6.91. The van der Waals surface area contributed by atoms with Crippen LogP contribution in [-0.4, -0.2) is 30.7 Å². The molecule has 0 aromatic heterocycles. The molecule has 0 N–H and O–H groups in total. The second-order valence-corrected chi connectivity index (χ2v) is 5.95. The highest BCUT2D eigenvalue weighted by Crippen LogP contribution is 2.42. The van der Waals surface area contributed by atoms with Crippen LogP contribution < -0.4 is 0 Å². The summed E-state index contributed by atoms with van der Waals surface area (Å²) in [5, 5.41) is 0. The van der Waals surface area contributed by atoms with Crippen molar-refractivity contribution < 1.29 is 4.39 Å². The largest absolute Gasteiger partial charge is 0.300 e. The van der Waals surface area contributed by atoms with Gasteiger partial charge >= 0.3 is 0 Å². The highest BCUT2D eigenvalue weighted by Gasteiger charge is 2.44. The summed E-state index contributed by atoms with van der Waals surface area (Å²) in [7, 11) is 2.05. The molecule has 4 atom stereocenters. The molecule has 1 aromatic rings. The van der Waals surface area contributed by atoms with Crippen LogP contribution >= 0.6 is 0 Å². The second kappa shape index (κ2) is 5.40. The Labute approximate surface area is 110 Å². The van der Waals surface area contributed by atoms with Gasteiger partial charge in [0.25, 0.3) is 0 Å². The number of likely N-dealkylation sites (tertiary alicyclic amines) is 1. The maximum atomic E-state index is 14.0. The highest BCUT2D eigenvalue weighted by atomic mass is 19.1. The van der Waals surface area contributed by atoms with E-state index in [9.17, 15) is 4.39 Å². The van der Waals surface area contributed by atoms with E-state index in [1.165, 1.54) is 5.56 Å². The number of alkyl halides is 1. The minimum atomic E-state index is -0.788. The van der Waals surface area contributed by atoms with Gasteiger partial charge in [-0.15, -0.1) is 0 Å². The minimum Gasteiger partial charge on any atom is -0.300 e. The molecule has 1 saturated heterocycles. The van der Waals surface area contributed by atoms with Gasteiger partial charge in [-0.1, -0.05) is 44.2 Å².